The van der Waals surface area contributed by atoms with E-state index >= 15 is 0 Å². The van der Waals surface area contributed by atoms with E-state index in [1.165, 1.54) is 0 Å². The zero-order chi connectivity index (χ0) is 13.2. The predicted molar refractivity (Wildman–Crippen MR) is 71.4 cm³/mol. The summed E-state index contributed by atoms with van der Waals surface area (Å²) >= 11 is 0. The van der Waals surface area contributed by atoms with Crippen LogP contribution in [0.15, 0.2) is 0 Å². The molecule has 4 nitrogen and oxygen atoms in total. The molecule has 0 atom stereocenters. The predicted octanol–water partition coefficient (Wildman–Crippen LogP) is 1.21. The van der Waals surface area contributed by atoms with Crippen molar-refractivity contribution in [1.82, 2.24) is 9.80 Å². The molecule has 0 N–H and O–H groups in total. The molecule has 0 aromatic rings. The highest BCUT2D eigenvalue weighted by Gasteiger charge is 2.40. The molecular formula is C14H26N2O2. The topological polar surface area (TPSA) is 32.8 Å². The van der Waals surface area contributed by atoms with Crippen LogP contribution in [0.2, 0.25) is 0 Å². The molecular weight excluding hydrogens is 228 g/mol. The molecule has 4 heteroatoms. The Morgan fingerprint density at radius 1 is 1.28 bits per heavy atom. The lowest BCUT2D eigenvalue weighted by molar-refractivity contribution is -0.147. The molecule has 2 aliphatic heterocycles. The third-order valence-electron chi connectivity index (χ3n) is 4.10. The van der Waals surface area contributed by atoms with Crippen LogP contribution in [0.4, 0.5) is 0 Å². The fourth-order valence-electron chi connectivity index (χ4n) is 3.02. The molecule has 0 aromatic carbocycles. The SMILES string of the molecule is COCCN1CCC(C(=O)N2CC(C)(C)C2)CC1. The van der Waals surface area contributed by atoms with E-state index in [9.17, 15) is 4.79 Å². The number of piperidine rings is 1. The van der Waals surface area contributed by atoms with E-state index in [2.05, 4.69) is 18.7 Å². The molecule has 2 saturated heterocycles. The fraction of sp³-hybridized carbons (Fsp3) is 0.929. The van der Waals surface area contributed by atoms with E-state index in [4.69, 9.17) is 4.74 Å². The molecule has 0 saturated carbocycles. The molecule has 0 aromatic heterocycles. The number of hydrogen-bond donors (Lipinski definition) is 0. The minimum Gasteiger partial charge on any atom is -0.383 e. The van der Waals surface area contributed by atoms with Crippen LogP contribution in [0.3, 0.4) is 0 Å². The Balaban J connectivity index is 1.71. The van der Waals surface area contributed by atoms with Crippen molar-refractivity contribution in [2.75, 3.05) is 46.4 Å². The van der Waals surface area contributed by atoms with Gasteiger partial charge in [0.25, 0.3) is 0 Å². The second-order valence-electron chi connectivity index (χ2n) is 6.47. The average molecular weight is 254 g/mol. The van der Waals surface area contributed by atoms with Crippen molar-refractivity contribution in [1.29, 1.82) is 0 Å². The first-order chi connectivity index (χ1) is 8.52. The van der Waals surface area contributed by atoms with Crippen molar-refractivity contribution in [3.63, 3.8) is 0 Å². The lowest BCUT2D eigenvalue weighted by atomic mass is 9.82. The molecule has 2 rings (SSSR count). The van der Waals surface area contributed by atoms with Crippen LogP contribution >= 0.6 is 0 Å². The smallest absolute Gasteiger partial charge is 0.225 e. The van der Waals surface area contributed by atoms with Crippen LogP contribution in [0.1, 0.15) is 26.7 Å². The van der Waals surface area contributed by atoms with E-state index < -0.39 is 0 Å². The average Bonchev–Trinajstić information content (AvgIpc) is 2.33. The van der Waals surface area contributed by atoms with Gasteiger partial charge in [-0.3, -0.25) is 4.79 Å². The van der Waals surface area contributed by atoms with E-state index in [-0.39, 0.29) is 5.92 Å². The zero-order valence-corrected chi connectivity index (χ0v) is 11.9. The molecule has 0 unspecified atom stereocenters. The Morgan fingerprint density at radius 3 is 2.39 bits per heavy atom. The number of likely N-dealkylation sites (tertiary alicyclic amines) is 2. The second-order valence-corrected chi connectivity index (χ2v) is 6.47. The van der Waals surface area contributed by atoms with Gasteiger partial charge in [-0.25, -0.2) is 0 Å². The van der Waals surface area contributed by atoms with Crippen LogP contribution in [-0.2, 0) is 9.53 Å². The van der Waals surface area contributed by atoms with Gasteiger partial charge in [0.15, 0.2) is 0 Å². The summed E-state index contributed by atoms with van der Waals surface area (Å²) in [6.07, 6.45) is 2.03. The van der Waals surface area contributed by atoms with E-state index in [0.717, 1.165) is 52.2 Å². The van der Waals surface area contributed by atoms with Crippen LogP contribution < -0.4 is 0 Å². The Hall–Kier alpha value is -0.610. The lowest BCUT2D eigenvalue weighted by Gasteiger charge is -2.47. The maximum absolute atomic E-state index is 12.3. The highest BCUT2D eigenvalue weighted by atomic mass is 16.5. The van der Waals surface area contributed by atoms with Gasteiger partial charge in [0.05, 0.1) is 6.61 Å². The Morgan fingerprint density at radius 2 is 1.89 bits per heavy atom. The minimum absolute atomic E-state index is 0.264. The lowest BCUT2D eigenvalue weighted by Crippen LogP contribution is -2.57. The molecule has 2 heterocycles. The van der Waals surface area contributed by atoms with Crippen molar-refractivity contribution >= 4 is 5.91 Å². The van der Waals surface area contributed by atoms with Gasteiger partial charge in [0, 0.05) is 32.7 Å². The van der Waals surface area contributed by atoms with Gasteiger partial charge in [-0.15, -0.1) is 0 Å². The van der Waals surface area contributed by atoms with Crippen molar-refractivity contribution < 1.29 is 9.53 Å². The summed E-state index contributed by atoms with van der Waals surface area (Å²) in [6.45, 7) is 10.2. The summed E-state index contributed by atoms with van der Waals surface area (Å²) in [6, 6.07) is 0. The van der Waals surface area contributed by atoms with Crippen LogP contribution in [0, 0.1) is 11.3 Å². The first-order valence-electron chi connectivity index (χ1n) is 7.02. The maximum atomic E-state index is 12.3. The third kappa shape index (κ3) is 3.23. The van der Waals surface area contributed by atoms with Crippen molar-refractivity contribution in [2.45, 2.75) is 26.7 Å². The summed E-state index contributed by atoms with van der Waals surface area (Å²) in [7, 11) is 1.74. The largest absolute Gasteiger partial charge is 0.383 e. The normalized spacial score (nSPS) is 24.9. The molecule has 0 spiro atoms. The number of methoxy groups -OCH3 is 1. The molecule has 2 fully saturated rings. The molecule has 1 amide bonds. The summed E-state index contributed by atoms with van der Waals surface area (Å²) in [5, 5.41) is 0. The number of carbonyl (C=O) groups is 1. The molecule has 0 bridgehead atoms. The molecule has 2 aliphatic rings. The van der Waals surface area contributed by atoms with Crippen molar-refractivity contribution in [3.8, 4) is 0 Å². The highest BCUT2D eigenvalue weighted by Crippen LogP contribution is 2.31. The van der Waals surface area contributed by atoms with Gasteiger partial charge < -0.3 is 14.5 Å². The summed E-state index contributed by atoms with van der Waals surface area (Å²) in [4.78, 5) is 16.7. The number of nitrogens with zero attached hydrogens (tertiary/aromatic N) is 2. The van der Waals surface area contributed by atoms with E-state index in [1.54, 1.807) is 7.11 Å². The number of amides is 1. The Bertz CT molecular complexity index is 288. The highest BCUT2D eigenvalue weighted by molar-refractivity contribution is 5.79. The number of ether oxygens (including phenoxy) is 1. The molecule has 0 radical (unpaired) electrons. The van der Waals surface area contributed by atoms with Gasteiger partial charge in [-0.1, -0.05) is 13.8 Å². The maximum Gasteiger partial charge on any atom is 0.225 e. The first-order valence-corrected chi connectivity index (χ1v) is 7.02. The fourth-order valence-corrected chi connectivity index (χ4v) is 3.02. The zero-order valence-electron chi connectivity index (χ0n) is 11.9. The van der Waals surface area contributed by atoms with Crippen LogP contribution in [0.5, 0.6) is 0 Å². The second kappa shape index (κ2) is 5.57. The van der Waals surface area contributed by atoms with Gasteiger partial charge in [0.1, 0.15) is 0 Å². The standard InChI is InChI=1S/C14H26N2O2/c1-14(2)10-16(11-14)13(17)12-4-6-15(7-5-12)8-9-18-3/h12H,4-11H2,1-3H3. The van der Waals surface area contributed by atoms with Crippen molar-refractivity contribution in [2.24, 2.45) is 11.3 Å². The van der Waals surface area contributed by atoms with Crippen LogP contribution in [-0.4, -0.2) is 62.1 Å². The Kier molecular flexibility index (Phi) is 4.28. The van der Waals surface area contributed by atoms with Crippen molar-refractivity contribution in [3.05, 3.63) is 0 Å². The monoisotopic (exact) mass is 254 g/mol. The number of hydrogen-bond acceptors (Lipinski definition) is 3. The minimum atomic E-state index is 0.264. The van der Waals surface area contributed by atoms with Crippen LogP contribution in [0.25, 0.3) is 0 Å². The van der Waals surface area contributed by atoms with Gasteiger partial charge >= 0.3 is 0 Å². The Labute approximate surface area is 110 Å². The summed E-state index contributed by atoms with van der Waals surface area (Å²) < 4.78 is 5.09. The molecule has 104 valence electrons. The summed E-state index contributed by atoms with van der Waals surface area (Å²) in [5.41, 5.74) is 0.342. The number of rotatable bonds is 4. The summed E-state index contributed by atoms with van der Waals surface area (Å²) in [5.74, 6) is 0.653. The van der Waals surface area contributed by atoms with Gasteiger partial charge in [0.2, 0.25) is 5.91 Å². The van der Waals surface area contributed by atoms with Gasteiger partial charge in [-0.05, 0) is 31.3 Å². The third-order valence-corrected chi connectivity index (χ3v) is 4.10. The first kappa shape index (κ1) is 13.8. The quantitative estimate of drug-likeness (QED) is 0.756. The number of carbonyl (C=O) groups excluding carboxylic acids is 1. The van der Waals surface area contributed by atoms with Gasteiger partial charge in [-0.2, -0.15) is 0 Å². The van der Waals surface area contributed by atoms with E-state index in [1.807, 2.05) is 4.90 Å². The molecule has 18 heavy (non-hydrogen) atoms. The molecule has 0 aliphatic carbocycles. The van der Waals surface area contributed by atoms with E-state index in [0.29, 0.717) is 11.3 Å².